The van der Waals surface area contributed by atoms with Crippen molar-refractivity contribution in [1.29, 1.82) is 0 Å². The van der Waals surface area contributed by atoms with Crippen molar-refractivity contribution in [1.82, 2.24) is 9.80 Å². The van der Waals surface area contributed by atoms with Gasteiger partial charge in [-0.2, -0.15) is 0 Å². The summed E-state index contributed by atoms with van der Waals surface area (Å²) in [4.78, 5) is 17.1. The summed E-state index contributed by atoms with van der Waals surface area (Å²) in [7, 11) is 0. The van der Waals surface area contributed by atoms with Crippen LogP contribution in [-0.2, 0) is 17.9 Å². The maximum atomic E-state index is 15.1. The van der Waals surface area contributed by atoms with Crippen LogP contribution in [0.1, 0.15) is 78.4 Å². The third-order valence-electron chi connectivity index (χ3n) is 7.63. The van der Waals surface area contributed by atoms with E-state index < -0.39 is 5.82 Å². The third kappa shape index (κ3) is 5.87. The smallest absolute Gasteiger partial charge is 0.257 e. The van der Waals surface area contributed by atoms with Gasteiger partial charge in [-0.3, -0.25) is 9.69 Å². The number of ether oxygens (including phenoxy) is 1. The first-order valence-corrected chi connectivity index (χ1v) is 13.2. The van der Waals surface area contributed by atoms with E-state index in [1.165, 1.54) is 18.2 Å². The Balaban J connectivity index is 1.19. The van der Waals surface area contributed by atoms with Crippen LogP contribution in [0, 0.1) is 11.6 Å². The molecule has 0 spiro atoms. The largest absolute Gasteiger partial charge is 0.373 e. The molecule has 5 rings (SSSR count). The van der Waals surface area contributed by atoms with Crippen LogP contribution in [0.15, 0.2) is 30.3 Å². The highest BCUT2D eigenvalue weighted by Crippen LogP contribution is 2.43. The van der Waals surface area contributed by atoms with Crippen LogP contribution in [0.25, 0.3) is 0 Å². The van der Waals surface area contributed by atoms with E-state index in [0.717, 1.165) is 68.3 Å². The van der Waals surface area contributed by atoms with E-state index in [2.05, 4.69) is 4.90 Å². The Morgan fingerprint density at radius 2 is 1.80 bits per heavy atom. The molecule has 0 aromatic heterocycles. The van der Waals surface area contributed by atoms with E-state index in [4.69, 9.17) is 16.3 Å². The average molecular weight is 503 g/mol. The number of halogens is 3. The molecule has 2 saturated heterocycles. The normalized spacial score (nSPS) is 21.6. The van der Waals surface area contributed by atoms with Crippen molar-refractivity contribution in [3.63, 3.8) is 0 Å². The number of amides is 1. The predicted molar refractivity (Wildman–Crippen MR) is 133 cm³/mol. The minimum absolute atomic E-state index is 0.101. The molecule has 2 aromatic rings. The predicted octanol–water partition coefficient (Wildman–Crippen LogP) is 6.30. The van der Waals surface area contributed by atoms with Gasteiger partial charge in [-0.15, -0.1) is 0 Å². The van der Waals surface area contributed by atoms with Crippen LogP contribution in [0.3, 0.4) is 0 Å². The molecule has 188 valence electrons. The van der Waals surface area contributed by atoms with Crippen LogP contribution in [-0.4, -0.2) is 47.5 Å². The van der Waals surface area contributed by atoms with Crippen LogP contribution in [0.2, 0.25) is 5.02 Å². The molecule has 35 heavy (non-hydrogen) atoms. The Morgan fingerprint density at radius 3 is 2.46 bits per heavy atom. The number of rotatable bonds is 7. The summed E-state index contributed by atoms with van der Waals surface area (Å²) in [6.07, 6.45) is 5.95. The highest BCUT2D eigenvalue weighted by Gasteiger charge is 2.32. The van der Waals surface area contributed by atoms with Gasteiger partial charge in [0.2, 0.25) is 0 Å². The Morgan fingerprint density at radius 1 is 1.03 bits per heavy atom. The van der Waals surface area contributed by atoms with E-state index in [1.54, 1.807) is 17.0 Å². The quantitative estimate of drug-likeness (QED) is 0.445. The van der Waals surface area contributed by atoms with Crippen LogP contribution >= 0.6 is 11.6 Å². The molecule has 2 aromatic carbocycles. The Hall–Kier alpha value is -2.02. The maximum absolute atomic E-state index is 15.1. The summed E-state index contributed by atoms with van der Waals surface area (Å²) in [5.41, 5.74) is 3.02. The molecule has 0 unspecified atom stereocenters. The number of likely N-dealkylation sites (tertiary alicyclic amines) is 2. The van der Waals surface area contributed by atoms with Gasteiger partial charge < -0.3 is 9.64 Å². The van der Waals surface area contributed by atoms with E-state index in [1.807, 2.05) is 6.92 Å². The molecule has 4 nitrogen and oxygen atoms in total. The number of hydrogen-bond acceptors (Lipinski definition) is 3. The number of carbonyl (C=O) groups is 1. The summed E-state index contributed by atoms with van der Waals surface area (Å²) in [6.45, 7) is 5.46. The van der Waals surface area contributed by atoms with Crippen molar-refractivity contribution >= 4 is 17.5 Å². The Labute approximate surface area is 211 Å². The number of carbonyl (C=O) groups excluding carboxylic acids is 1. The molecule has 7 heteroatoms. The summed E-state index contributed by atoms with van der Waals surface area (Å²) in [5, 5.41) is 0.416. The summed E-state index contributed by atoms with van der Waals surface area (Å²) in [6, 6.07) is 8.15. The lowest BCUT2D eigenvalue weighted by atomic mass is 9.98. The van der Waals surface area contributed by atoms with E-state index >= 15 is 4.39 Å². The molecule has 2 aliphatic heterocycles. The van der Waals surface area contributed by atoms with Crippen LogP contribution in [0.4, 0.5) is 8.78 Å². The lowest BCUT2D eigenvalue weighted by Crippen LogP contribution is -2.36. The van der Waals surface area contributed by atoms with Crippen molar-refractivity contribution in [2.45, 2.75) is 76.7 Å². The van der Waals surface area contributed by atoms with Gasteiger partial charge in [-0.25, -0.2) is 8.78 Å². The van der Waals surface area contributed by atoms with Crippen LogP contribution in [0.5, 0.6) is 0 Å². The van der Waals surface area contributed by atoms with E-state index in [0.29, 0.717) is 30.6 Å². The first-order valence-electron chi connectivity index (χ1n) is 12.8. The van der Waals surface area contributed by atoms with Gasteiger partial charge in [-0.1, -0.05) is 11.6 Å². The van der Waals surface area contributed by atoms with Crippen molar-refractivity contribution < 1.29 is 18.3 Å². The number of piperidine rings is 1. The zero-order valence-corrected chi connectivity index (χ0v) is 21.0. The number of hydrogen-bond donors (Lipinski definition) is 0. The topological polar surface area (TPSA) is 32.8 Å². The Bertz CT molecular complexity index is 1060. The lowest BCUT2D eigenvalue weighted by Gasteiger charge is -2.32. The van der Waals surface area contributed by atoms with Crippen molar-refractivity contribution in [2.24, 2.45) is 0 Å². The molecule has 0 radical (unpaired) electrons. The van der Waals surface area contributed by atoms with E-state index in [9.17, 15) is 9.18 Å². The molecule has 0 N–H and O–H groups in total. The van der Waals surface area contributed by atoms with Gasteiger partial charge >= 0.3 is 0 Å². The van der Waals surface area contributed by atoms with Gasteiger partial charge in [0, 0.05) is 37.2 Å². The third-order valence-corrected chi connectivity index (χ3v) is 7.85. The molecular formula is C28H33ClF2N2O2. The van der Waals surface area contributed by atoms with Crippen LogP contribution < -0.4 is 0 Å². The zero-order valence-electron chi connectivity index (χ0n) is 20.2. The minimum Gasteiger partial charge on any atom is -0.373 e. The van der Waals surface area contributed by atoms with E-state index in [-0.39, 0.29) is 29.4 Å². The molecule has 1 aliphatic carbocycles. The fourth-order valence-electron chi connectivity index (χ4n) is 5.49. The second kappa shape index (κ2) is 10.5. The van der Waals surface area contributed by atoms with Crippen molar-refractivity contribution in [3.8, 4) is 0 Å². The number of benzene rings is 2. The molecule has 3 aliphatic rings. The highest BCUT2D eigenvalue weighted by molar-refractivity contribution is 6.30. The van der Waals surface area contributed by atoms with Gasteiger partial charge in [0.1, 0.15) is 11.6 Å². The second-order valence-corrected chi connectivity index (χ2v) is 10.8. The maximum Gasteiger partial charge on any atom is 0.257 e. The zero-order chi connectivity index (χ0) is 24.5. The first-order chi connectivity index (χ1) is 16.9. The van der Waals surface area contributed by atoms with Gasteiger partial charge in [0.25, 0.3) is 5.91 Å². The fourth-order valence-corrected chi connectivity index (χ4v) is 5.73. The second-order valence-electron chi connectivity index (χ2n) is 10.4. The monoisotopic (exact) mass is 502 g/mol. The highest BCUT2D eigenvalue weighted by atomic mass is 35.5. The molecular weight excluding hydrogens is 470 g/mol. The van der Waals surface area contributed by atoms with Crippen molar-refractivity contribution in [3.05, 3.63) is 69.2 Å². The lowest BCUT2D eigenvalue weighted by molar-refractivity contribution is -0.00430. The molecule has 1 saturated carbocycles. The average Bonchev–Trinajstić information content (AvgIpc) is 3.57. The summed E-state index contributed by atoms with van der Waals surface area (Å²) >= 11 is 5.98. The minimum atomic E-state index is -0.444. The molecule has 1 atom stereocenters. The molecule has 1 amide bonds. The van der Waals surface area contributed by atoms with Gasteiger partial charge in [0.15, 0.2) is 0 Å². The fraction of sp³-hybridized carbons (Fsp3) is 0.536. The van der Waals surface area contributed by atoms with Gasteiger partial charge in [0.05, 0.1) is 18.3 Å². The van der Waals surface area contributed by atoms with Crippen molar-refractivity contribution in [2.75, 3.05) is 19.6 Å². The molecule has 3 fully saturated rings. The SMILES string of the molecule is C[C@@H]1CCCN1C(=O)c1cc(C2CC2)c(COC2CCN(Cc3cc(F)cc(Cl)c3)CC2)cc1F. The Kier molecular flexibility index (Phi) is 7.42. The summed E-state index contributed by atoms with van der Waals surface area (Å²) in [5.74, 6) is -0.543. The standard InChI is InChI=1S/C28H33ClF2N2O2/c1-18-3-2-8-33(18)28(34)26-15-25(20-4-5-20)21(13-27(26)31)17-35-24-6-9-32(10-7-24)16-19-11-22(29)14-23(30)12-19/h11-15,18,20,24H,2-10,16-17H2,1H3/t18-/m1/s1. The first kappa shape index (κ1) is 24.7. The van der Waals surface area contributed by atoms with Gasteiger partial charge in [-0.05, 0) is 98.4 Å². The molecule has 0 bridgehead atoms. The summed E-state index contributed by atoms with van der Waals surface area (Å²) < 4.78 is 34.9. The molecule has 2 heterocycles. The number of nitrogens with zero attached hydrogens (tertiary/aromatic N) is 2.